The van der Waals surface area contributed by atoms with E-state index in [-0.39, 0.29) is 18.5 Å². The third kappa shape index (κ3) is 4.02. The van der Waals surface area contributed by atoms with Gasteiger partial charge < -0.3 is 14.2 Å². The zero-order chi connectivity index (χ0) is 15.0. The number of amides is 1. The Kier molecular flexibility index (Phi) is 7.18. The largest absolute Gasteiger partial charge is 0.494 e. The minimum absolute atomic E-state index is 0.107. The number of alkyl halides is 1. The average molecular weight is 302 g/mol. The molecule has 0 aliphatic rings. The molecule has 6 heteroatoms. The highest BCUT2D eigenvalue weighted by molar-refractivity contribution is 6.29. The summed E-state index contributed by atoms with van der Waals surface area (Å²) in [5.41, 5.74) is 0.527. The van der Waals surface area contributed by atoms with Crippen molar-refractivity contribution in [2.24, 2.45) is 0 Å². The van der Waals surface area contributed by atoms with E-state index in [1.54, 1.807) is 18.2 Å². The van der Waals surface area contributed by atoms with Gasteiger partial charge in [-0.3, -0.25) is 9.69 Å². The smallest absolute Gasteiger partial charge is 0.244 e. The van der Waals surface area contributed by atoms with Crippen LogP contribution in [0.25, 0.3) is 0 Å². The zero-order valence-electron chi connectivity index (χ0n) is 12.0. The summed E-state index contributed by atoms with van der Waals surface area (Å²) in [6.45, 7) is 2.66. The van der Waals surface area contributed by atoms with Gasteiger partial charge in [0.2, 0.25) is 5.91 Å². The lowest BCUT2D eigenvalue weighted by molar-refractivity contribution is -0.117. The number of methoxy groups -OCH3 is 2. The van der Waals surface area contributed by atoms with Crippen molar-refractivity contribution in [2.45, 2.75) is 13.3 Å². The second-order valence-electron chi connectivity index (χ2n) is 4.00. The lowest BCUT2D eigenvalue weighted by Gasteiger charge is -2.25. The van der Waals surface area contributed by atoms with Crippen LogP contribution in [0.5, 0.6) is 11.5 Å². The average Bonchev–Trinajstić information content (AvgIpc) is 2.50. The summed E-state index contributed by atoms with van der Waals surface area (Å²) in [5.74, 6) is 0.646. The molecular weight excluding hydrogens is 282 g/mol. The number of carbonyl (C=O) groups is 1. The highest BCUT2D eigenvalue weighted by Gasteiger charge is 2.23. The van der Waals surface area contributed by atoms with Gasteiger partial charge in [-0.1, -0.05) is 13.0 Å². The third-order valence-electron chi connectivity index (χ3n) is 2.66. The fraction of sp³-hybridized carbons (Fsp3) is 0.500. The van der Waals surface area contributed by atoms with Gasteiger partial charge in [-0.05, 0) is 18.6 Å². The van der Waals surface area contributed by atoms with E-state index in [0.717, 1.165) is 6.42 Å². The van der Waals surface area contributed by atoms with Crippen molar-refractivity contribution in [3.63, 3.8) is 0 Å². The Morgan fingerprint density at radius 1 is 1.25 bits per heavy atom. The molecule has 1 aromatic rings. The molecule has 20 heavy (non-hydrogen) atoms. The molecule has 0 saturated heterocycles. The molecule has 1 aromatic carbocycles. The Labute approximate surface area is 124 Å². The first kappa shape index (κ1) is 16.6. The quantitative estimate of drug-likeness (QED) is 0.421. The van der Waals surface area contributed by atoms with E-state index < -0.39 is 0 Å². The second-order valence-corrected chi connectivity index (χ2v) is 4.27. The molecule has 0 bridgehead atoms. The predicted octanol–water partition coefficient (Wildman–Crippen LogP) is 2.66. The monoisotopic (exact) mass is 301 g/mol. The van der Waals surface area contributed by atoms with Gasteiger partial charge in [0.15, 0.2) is 0 Å². The molecule has 0 atom stereocenters. The van der Waals surface area contributed by atoms with Crippen LogP contribution in [0.1, 0.15) is 13.3 Å². The van der Waals surface area contributed by atoms with Gasteiger partial charge in [0, 0.05) is 6.61 Å². The lowest BCUT2D eigenvalue weighted by atomic mass is 10.2. The Balaban J connectivity index is 3.14. The summed E-state index contributed by atoms with van der Waals surface area (Å²) in [7, 11) is 3.07. The van der Waals surface area contributed by atoms with Gasteiger partial charge in [0.1, 0.15) is 29.8 Å². The topological polar surface area (TPSA) is 48.0 Å². The van der Waals surface area contributed by atoms with Crippen molar-refractivity contribution in [1.82, 2.24) is 0 Å². The molecule has 0 unspecified atom stereocenters. The van der Waals surface area contributed by atoms with Crippen LogP contribution in [0, 0.1) is 0 Å². The van der Waals surface area contributed by atoms with Crippen LogP contribution in [0.3, 0.4) is 0 Å². The van der Waals surface area contributed by atoms with Crippen LogP contribution >= 0.6 is 11.6 Å². The van der Waals surface area contributed by atoms with Gasteiger partial charge in [0.05, 0.1) is 14.2 Å². The Bertz CT molecular complexity index is 417. The van der Waals surface area contributed by atoms with E-state index in [0.29, 0.717) is 23.8 Å². The van der Waals surface area contributed by atoms with Crippen LogP contribution in [-0.2, 0) is 9.53 Å². The number of anilines is 1. The molecule has 1 rings (SSSR count). The summed E-state index contributed by atoms with van der Waals surface area (Å²) in [5, 5.41) is 0. The van der Waals surface area contributed by atoms with E-state index in [2.05, 4.69) is 0 Å². The van der Waals surface area contributed by atoms with E-state index in [1.165, 1.54) is 19.1 Å². The molecule has 0 aliphatic carbocycles. The molecule has 0 spiro atoms. The molecular formula is C14H20ClNO4. The van der Waals surface area contributed by atoms with Crippen LogP contribution in [-0.4, -0.2) is 39.3 Å². The third-order valence-corrected chi connectivity index (χ3v) is 2.88. The molecule has 1 amide bonds. The number of rotatable bonds is 8. The number of benzene rings is 1. The van der Waals surface area contributed by atoms with E-state index >= 15 is 0 Å². The number of nitrogens with zero attached hydrogens (tertiary/aromatic N) is 1. The number of hydrogen-bond acceptors (Lipinski definition) is 4. The molecule has 0 aliphatic heterocycles. The molecule has 0 N–H and O–H groups in total. The number of carbonyl (C=O) groups excluding carboxylic acids is 1. The minimum Gasteiger partial charge on any atom is -0.494 e. The molecule has 112 valence electrons. The van der Waals surface area contributed by atoms with Gasteiger partial charge in [0.25, 0.3) is 0 Å². The number of para-hydroxylation sites is 1. The van der Waals surface area contributed by atoms with Crippen LogP contribution in [0.4, 0.5) is 5.69 Å². The fourth-order valence-electron chi connectivity index (χ4n) is 1.73. The summed E-state index contributed by atoms with van der Waals surface area (Å²) < 4.78 is 16.1. The zero-order valence-corrected chi connectivity index (χ0v) is 12.8. The maximum absolute atomic E-state index is 12.0. The fourth-order valence-corrected chi connectivity index (χ4v) is 1.88. The number of halogens is 1. The van der Waals surface area contributed by atoms with Gasteiger partial charge in [-0.2, -0.15) is 0 Å². The maximum atomic E-state index is 12.0. The summed E-state index contributed by atoms with van der Waals surface area (Å²) in [4.78, 5) is 13.5. The first-order valence-corrected chi connectivity index (χ1v) is 6.88. The predicted molar refractivity (Wildman–Crippen MR) is 78.9 cm³/mol. The van der Waals surface area contributed by atoms with Crippen molar-refractivity contribution >= 4 is 23.2 Å². The van der Waals surface area contributed by atoms with Crippen molar-refractivity contribution < 1.29 is 19.0 Å². The Morgan fingerprint density at radius 2 is 1.85 bits per heavy atom. The maximum Gasteiger partial charge on any atom is 0.244 e. The van der Waals surface area contributed by atoms with Gasteiger partial charge in [-0.25, -0.2) is 0 Å². The molecule has 5 nitrogen and oxygen atoms in total. The number of hydrogen-bond donors (Lipinski definition) is 0. The van der Waals surface area contributed by atoms with Crippen molar-refractivity contribution in [2.75, 3.05) is 38.3 Å². The molecule has 0 aromatic heterocycles. The minimum atomic E-state index is -0.273. The molecule has 0 saturated carbocycles. The Morgan fingerprint density at radius 3 is 2.30 bits per heavy atom. The standard InChI is InChI=1S/C14H20ClNO4/c1-4-8-20-10-16(13(17)9-15)14-11(18-2)6-5-7-12(14)19-3/h5-7H,4,8-10H2,1-3H3. The van der Waals surface area contributed by atoms with Crippen LogP contribution in [0.15, 0.2) is 18.2 Å². The van der Waals surface area contributed by atoms with Crippen molar-refractivity contribution in [3.8, 4) is 11.5 Å². The normalized spacial score (nSPS) is 10.2. The van der Waals surface area contributed by atoms with Gasteiger partial charge >= 0.3 is 0 Å². The number of ether oxygens (including phenoxy) is 3. The first-order chi connectivity index (χ1) is 9.69. The summed E-state index contributed by atoms with van der Waals surface area (Å²) in [6.07, 6.45) is 0.867. The molecule has 0 radical (unpaired) electrons. The van der Waals surface area contributed by atoms with E-state index in [1.807, 2.05) is 6.92 Å². The van der Waals surface area contributed by atoms with Crippen LogP contribution in [0.2, 0.25) is 0 Å². The van der Waals surface area contributed by atoms with Crippen molar-refractivity contribution in [1.29, 1.82) is 0 Å². The van der Waals surface area contributed by atoms with Crippen LogP contribution < -0.4 is 14.4 Å². The first-order valence-electron chi connectivity index (χ1n) is 6.34. The molecule has 0 heterocycles. The Hall–Kier alpha value is -1.46. The van der Waals surface area contributed by atoms with Crippen molar-refractivity contribution in [3.05, 3.63) is 18.2 Å². The highest BCUT2D eigenvalue weighted by Crippen LogP contribution is 2.37. The lowest BCUT2D eigenvalue weighted by Crippen LogP contribution is -2.34. The van der Waals surface area contributed by atoms with E-state index in [9.17, 15) is 4.79 Å². The summed E-state index contributed by atoms with van der Waals surface area (Å²) >= 11 is 5.67. The summed E-state index contributed by atoms with van der Waals surface area (Å²) in [6, 6.07) is 5.30. The SMILES string of the molecule is CCCOCN(C(=O)CCl)c1c(OC)cccc1OC. The molecule has 0 fully saturated rings. The van der Waals surface area contributed by atoms with Gasteiger partial charge in [-0.15, -0.1) is 11.6 Å². The van der Waals surface area contributed by atoms with E-state index in [4.69, 9.17) is 25.8 Å². The highest BCUT2D eigenvalue weighted by atomic mass is 35.5. The second kappa shape index (κ2) is 8.66.